The number of rotatable bonds is 5. The van der Waals surface area contributed by atoms with Crippen LogP contribution in [0.15, 0.2) is 18.2 Å². The largest absolute Gasteiger partial charge is 0.493 e. The molecule has 0 saturated carbocycles. The third kappa shape index (κ3) is 3.97. The Morgan fingerprint density at radius 2 is 2.24 bits per heavy atom. The summed E-state index contributed by atoms with van der Waals surface area (Å²) < 4.78 is 5.85. The molecular weight excluding hydrogens is 266 g/mol. The Kier molecular flexibility index (Phi) is 5.23. The fraction of sp³-hybridized carbons (Fsp3) is 0.588. The number of hydrogen-bond acceptors (Lipinski definition) is 3. The average Bonchev–Trinajstić information content (AvgIpc) is 2.61. The van der Waals surface area contributed by atoms with Crippen molar-refractivity contribution in [2.45, 2.75) is 52.1 Å². The van der Waals surface area contributed by atoms with E-state index >= 15 is 0 Å². The summed E-state index contributed by atoms with van der Waals surface area (Å²) >= 11 is 0. The minimum absolute atomic E-state index is 0.0437. The van der Waals surface area contributed by atoms with Crippen molar-refractivity contribution in [1.82, 2.24) is 5.32 Å². The minimum atomic E-state index is -0.775. The lowest BCUT2D eigenvalue weighted by molar-refractivity contribution is -0.140. The summed E-state index contributed by atoms with van der Waals surface area (Å²) in [6, 6.07) is 5.61. The van der Waals surface area contributed by atoms with Crippen LogP contribution in [-0.2, 0) is 4.79 Å². The first kappa shape index (κ1) is 15.8. The topological polar surface area (TPSA) is 58.6 Å². The lowest BCUT2D eigenvalue weighted by Crippen LogP contribution is -2.40. The molecule has 0 amide bonds. The summed E-state index contributed by atoms with van der Waals surface area (Å²) in [5, 5.41) is 12.8. The van der Waals surface area contributed by atoms with Crippen molar-refractivity contribution >= 4 is 5.97 Å². The van der Waals surface area contributed by atoms with Gasteiger partial charge < -0.3 is 9.84 Å². The maximum atomic E-state index is 11.5. The number of aliphatic carboxylic acids is 1. The molecule has 1 heterocycles. The Labute approximate surface area is 126 Å². The summed E-state index contributed by atoms with van der Waals surface area (Å²) in [6.45, 7) is 6.82. The van der Waals surface area contributed by atoms with E-state index in [4.69, 9.17) is 4.74 Å². The fourth-order valence-corrected chi connectivity index (χ4v) is 2.89. The molecule has 116 valence electrons. The summed E-state index contributed by atoms with van der Waals surface area (Å²) in [4.78, 5) is 11.5. The van der Waals surface area contributed by atoms with Crippen LogP contribution in [0.1, 0.15) is 50.3 Å². The first-order valence-electron chi connectivity index (χ1n) is 7.70. The number of nitrogens with one attached hydrogen (secondary N) is 1. The van der Waals surface area contributed by atoms with Gasteiger partial charge in [-0.2, -0.15) is 0 Å². The highest BCUT2D eigenvalue weighted by Gasteiger charge is 2.27. The number of carbonyl (C=O) groups is 1. The number of carboxylic acids is 1. The average molecular weight is 291 g/mol. The van der Waals surface area contributed by atoms with E-state index in [0.29, 0.717) is 18.9 Å². The zero-order chi connectivity index (χ0) is 15.4. The van der Waals surface area contributed by atoms with E-state index in [1.807, 2.05) is 39.0 Å². The Morgan fingerprint density at radius 3 is 2.90 bits per heavy atom. The quantitative estimate of drug-likeness (QED) is 0.874. The molecule has 0 radical (unpaired) electrons. The molecule has 1 aliphatic heterocycles. The zero-order valence-corrected chi connectivity index (χ0v) is 13.1. The molecule has 0 saturated heterocycles. The normalized spacial score (nSPS) is 19.5. The van der Waals surface area contributed by atoms with Gasteiger partial charge in [-0.1, -0.05) is 32.0 Å². The third-order valence-electron chi connectivity index (χ3n) is 3.91. The second-order valence-corrected chi connectivity index (χ2v) is 6.22. The van der Waals surface area contributed by atoms with E-state index in [9.17, 15) is 9.90 Å². The van der Waals surface area contributed by atoms with Crippen molar-refractivity contribution in [2.24, 2.45) is 5.92 Å². The smallest absolute Gasteiger partial charge is 0.320 e. The molecule has 0 spiro atoms. The molecule has 4 heteroatoms. The molecule has 4 nitrogen and oxygen atoms in total. The summed E-state index contributed by atoms with van der Waals surface area (Å²) in [5.74, 6) is 0.488. The highest BCUT2D eigenvalue weighted by Crippen LogP contribution is 2.34. The van der Waals surface area contributed by atoms with Crippen LogP contribution in [0.25, 0.3) is 0 Å². The van der Waals surface area contributed by atoms with Gasteiger partial charge >= 0.3 is 5.97 Å². The van der Waals surface area contributed by atoms with E-state index in [-0.39, 0.29) is 6.04 Å². The molecular formula is C17H25NO3. The maximum absolute atomic E-state index is 11.5. The second kappa shape index (κ2) is 6.94. The monoisotopic (exact) mass is 291 g/mol. The molecule has 0 aliphatic carbocycles. The number of hydrogen-bond donors (Lipinski definition) is 2. The molecule has 2 unspecified atom stereocenters. The summed E-state index contributed by atoms with van der Waals surface area (Å²) in [7, 11) is 0. The van der Waals surface area contributed by atoms with Crippen molar-refractivity contribution in [3.8, 4) is 5.75 Å². The van der Waals surface area contributed by atoms with E-state index in [2.05, 4.69) is 5.32 Å². The molecule has 0 fully saturated rings. The highest BCUT2D eigenvalue weighted by molar-refractivity contribution is 5.73. The van der Waals surface area contributed by atoms with E-state index < -0.39 is 12.0 Å². The van der Waals surface area contributed by atoms with Gasteiger partial charge in [0.1, 0.15) is 11.8 Å². The number of benzene rings is 1. The predicted molar refractivity (Wildman–Crippen MR) is 82.7 cm³/mol. The predicted octanol–water partition coefficient (Wildman–Crippen LogP) is 3.30. The van der Waals surface area contributed by atoms with Gasteiger partial charge in [0.15, 0.2) is 0 Å². The van der Waals surface area contributed by atoms with Gasteiger partial charge in [-0.3, -0.25) is 10.1 Å². The molecule has 1 aliphatic rings. The van der Waals surface area contributed by atoms with Crippen LogP contribution in [0.4, 0.5) is 0 Å². The van der Waals surface area contributed by atoms with E-state index in [0.717, 1.165) is 29.7 Å². The van der Waals surface area contributed by atoms with Gasteiger partial charge in [-0.25, -0.2) is 0 Å². The van der Waals surface area contributed by atoms with Crippen LogP contribution in [-0.4, -0.2) is 23.7 Å². The van der Waals surface area contributed by atoms with E-state index in [1.165, 1.54) is 0 Å². The number of ether oxygens (including phenoxy) is 1. The van der Waals surface area contributed by atoms with Crippen molar-refractivity contribution in [1.29, 1.82) is 0 Å². The number of para-hydroxylation sites is 1. The summed E-state index contributed by atoms with van der Waals surface area (Å²) in [6.07, 6.45) is 2.46. The van der Waals surface area contributed by atoms with Crippen LogP contribution in [0.2, 0.25) is 0 Å². The van der Waals surface area contributed by atoms with E-state index in [1.54, 1.807) is 0 Å². The molecule has 0 aromatic heterocycles. The van der Waals surface area contributed by atoms with Crippen molar-refractivity contribution < 1.29 is 14.6 Å². The number of aryl methyl sites for hydroxylation is 1. The summed E-state index contributed by atoms with van der Waals surface area (Å²) in [5.41, 5.74) is 2.19. The molecule has 1 aromatic rings. The minimum Gasteiger partial charge on any atom is -0.493 e. The van der Waals surface area contributed by atoms with Gasteiger partial charge in [0.2, 0.25) is 0 Å². The van der Waals surface area contributed by atoms with Gasteiger partial charge in [0, 0.05) is 11.6 Å². The van der Waals surface area contributed by atoms with Crippen molar-refractivity contribution in [3.05, 3.63) is 29.3 Å². The van der Waals surface area contributed by atoms with Gasteiger partial charge in [0.05, 0.1) is 6.61 Å². The molecule has 2 N–H and O–H groups in total. The first-order chi connectivity index (χ1) is 9.99. The van der Waals surface area contributed by atoms with Crippen LogP contribution in [0.5, 0.6) is 5.75 Å². The Morgan fingerprint density at radius 1 is 1.48 bits per heavy atom. The molecule has 0 bridgehead atoms. The first-order valence-corrected chi connectivity index (χ1v) is 7.70. The van der Waals surface area contributed by atoms with Gasteiger partial charge in [-0.15, -0.1) is 0 Å². The van der Waals surface area contributed by atoms with Crippen LogP contribution < -0.4 is 10.1 Å². The molecule has 2 atom stereocenters. The van der Waals surface area contributed by atoms with Crippen molar-refractivity contribution in [2.75, 3.05) is 6.61 Å². The van der Waals surface area contributed by atoms with Gasteiger partial charge in [0.25, 0.3) is 0 Å². The Balaban J connectivity index is 2.23. The highest BCUT2D eigenvalue weighted by atomic mass is 16.5. The number of fused-ring (bicyclic) bond motifs is 1. The molecule has 2 rings (SSSR count). The SMILES string of the molecule is Cc1cccc2c1OCCCC2NC(CC(C)C)C(=O)O. The maximum Gasteiger partial charge on any atom is 0.320 e. The lowest BCUT2D eigenvalue weighted by Gasteiger charge is -2.24. The Hall–Kier alpha value is -1.55. The zero-order valence-electron chi connectivity index (χ0n) is 13.1. The third-order valence-corrected chi connectivity index (χ3v) is 3.91. The van der Waals surface area contributed by atoms with Crippen LogP contribution in [0.3, 0.4) is 0 Å². The van der Waals surface area contributed by atoms with Crippen LogP contribution in [0, 0.1) is 12.8 Å². The standard InChI is InChI=1S/C17H25NO3/c1-11(2)10-15(17(19)20)18-14-8-5-9-21-16-12(3)6-4-7-13(14)16/h4,6-7,11,14-15,18H,5,8-10H2,1-3H3,(H,19,20). The lowest BCUT2D eigenvalue weighted by atomic mass is 9.97. The van der Waals surface area contributed by atoms with Gasteiger partial charge in [-0.05, 0) is 37.7 Å². The Bertz CT molecular complexity index is 499. The van der Waals surface area contributed by atoms with Crippen molar-refractivity contribution in [3.63, 3.8) is 0 Å². The number of carboxylic acid groups (broad SMARTS) is 1. The second-order valence-electron chi connectivity index (χ2n) is 6.22. The fourth-order valence-electron chi connectivity index (χ4n) is 2.89. The molecule has 21 heavy (non-hydrogen) atoms. The molecule has 1 aromatic carbocycles. The van der Waals surface area contributed by atoms with Crippen LogP contribution >= 0.6 is 0 Å².